The Balaban J connectivity index is 1.60. The predicted octanol–water partition coefficient (Wildman–Crippen LogP) is 1.37. The van der Waals surface area contributed by atoms with Gasteiger partial charge >= 0.3 is 0 Å². The third-order valence-corrected chi connectivity index (χ3v) is 4.56. The van der Waals surface area contributed by atoms with Crippen molar-refractivity contribution in [2.24, 2.45) is 0 Å². The van der Waals surface area contributed by atoms with E-state index in [9.17, 15) is 9.90 Å². The van der Waals surface area contributed by atoms with Crippen LogP contribution in [0.5, 0.6) is 5.75 Å². The van der Waals surface area contributed by atoms with Gasteiger partial charge in [-0.05, 0) is 42.8 Å². The number of carbonyl (C=O) groups is 1. The molecule has 25 heavy (non-hydrogen) atoms. The summed E-state index contributed by atoms with van der Waals surface area (Å²) in [6.07, 6.45) is 1.17. The molecule has 2 heterocycles. The minimum atomic E-state index is -0.591. The van der Waals surface area contributed by atoms with Crippen LogP contribution in [0.25, 0.3) is 0 Å². The van der Waals surface area contributed by atoms with Gasteiger partial charge in [-0.15, -0.1) is 0 Å². The van der Waals surface area contributed by atoms with Gasteiger partial charge in [0.1, 0.15) is 5.75 Å². The number of aliphatic hydroxyl groups is 1. The van der Waals surface area contributed by atoms with Crippen molar-refractivity contribution in [1.82, 2.24) is 15.2 Å². The van der Waals surface area contributed by atoms with Crippen molar-refractivity contribution >= 4 is 5.91 Å². The third kappa shape index (κ3) is 3.97. The monoisotopic (exact) mass is 341 g/mol. The van der Waals surface area contributed by atoms with Gasteiger partial charge in [0.05, 0.1) is 24.9 Å². The van der Waals surface area contributed by atoms with Gasteiger partial charge in [0.15, 0.2) is 0 Å². The molecule has 1 aromatic carbocycles. The van der Waals surface area contributed by atoms with Crippen molar-refractivity contribution in [3.8, 4) is 5.75 Å². The van der Waals surface area contributed by atoms with E-state index in [1.165, 1.54) is 0 Å². The van der Waals surface area contributed by atoms with Crippen LogP contribution in [0.1, 0.15) is 21.6 Å². The zero-order valence-corrected chi connectivity index (χ0v) is 14.5. The van der Waals surface area contributed by atoms with Crippen molar-refractivity contribution in [3.63, 3.8) is 0 Å². The molecule has 0 spiro atoms. The maximum absolute atomic E-state index is 12.6. The first-order valence-electron chi connectivity index (χ1n) is 8.33. The number of methoxy groups -OCH3 is 1. The van der Waals surface area contributed by atoms with Gasteiger partial charge in [-0.1, -0.05) is 6.07 Å². The Morgan fingerprint density at radius 1 is 1.32 bits per heavy atom. The fraction of sp³-hybridized carbons (Fsp3) is 0.368. The van der Waals surface area contributed by atoms with Crippen LogP contribution in [0.3, 0.4) is 0 Å². The van der Waals surface area contributed by atoms with Crippen LogP contribution < -0.4 is 10.1 Å². The largest absolute Gasteiger partial charge is 0.497 e. The summed E-state index contributed by atoms with van der Waals surface area (Å²) in [5, 5.41) is 13.6. The average molecular weight is 341 g/mol. The van der Waals surface area contributed by atoms with E-state index in [1.54, 1.807) is 42.5 Å². The lowest BCUT2D eigenvalue weighted by Crippen LogP contribution is -2.39. The molecule has 2 atom stereocenters. The molecule has 0 saturated carbocycles. The second-order valence-corrected chi connectivity index (χ2v) is 6.26. The Labute approximate surface area is 147 Å². The normalized spacial score (nSPS) is 19.9. The molecule has 0 radical (unpaired) electrons. The second kappa shape index (κ2) is 7.63. The van der Waals surface area contributed by atoms with Gasteiger partial charge in [-0.2, -0.15) is 0 Å². The summed E-state index contributed by atoms with van der Waals surface area (Å²) >= 11 is 0. The molecule has 132 valence electrons. The molecule has 0 bridgehead atoms. The van der Waals surface area contributed by atoms with E-state index < -0.39 is 6.10 Å². The number of likely N-dealkylation sites (tertiary alicyclic amines) is 1. The first-order chi connectivity index (χ1) is 12.1. The summed E-state index contributed by atoms with van der Waals surface area (Å²) in [7, 11) is 1.59. The number of aromatic nitrogens is 1. The molecule has 3 rings (SSSR count). The number of rotatable bonds is 5. The lowest BCUT2D eigenvalue weighted by atomic mass is 10.2. The summed E-state index contributed by atoms with van der Waals surface area (Å²) < 4.78 is 5.11. The molecule has 0 unspecified atom stereocenters. The van der Waals surface area contributed by atoms with Crippen LogP contribution in [-0.2, 0) is 6.54 Å². The number of benzene rings is 1. The Morgan fingerprint density at radius 2 is 2.08 bits per heavy atom. The van der Waals surface area contributed by atoms with E-state index >= 15 is 0 Å². The summed E-state index contributed by atoms with van der Waals surface area (Å²) in [6, 6.07) is 10.8. The molecule has 6 nitrogen and oxygen atoms in total. The van der Waals surface area contributed by atoms with Gasteiger partial charge in [-0.25, -0.2) is 0 Å². The highest BCUT2D eigenvalue weighted by molar-refractivity contribution is 5.94. The summed E-state index contributed by atoms with van der Waals surface area (Å²) in [5.74, 6) is 0.628. The molecular formula is C19H23N3O3. The quantitative estimate of drug-likeness (QED) is 0.859. The fourth-order valence-corrected chi connectivity index (χ4v) is 3.00. The average Bonchev–Trinajstić information content (AvgIpc) is 3.01. The van der Waals surface area contributed by atoms with Crippen LogP contribution in [-0.4, -0.2) is 53.2 Å². The Bertz CT molecular complexity index is 733. The molecule has 1 fully saturated rings. The van der Waals surface area contributed by atoms with Crippen LogP contribution >= 0.6 is 0 Å². The number of nitrogens with zero attached hydrogens (tertiary/aromatic N) is 2. The number of aliphatic hydroxyl groups excluding tert-OH is 1. The highest BCUT2D eigenvalue weighted by atomic mass is 16.5. The number of carbonyl (C=O) groups excluding carboxylic acids is 1. The van der Waals surface area contributed by atoms with Crippen molar-refractivity contribution in [1.29, 1.82) is 0 Å². The first-order valence-corrected chi connectivity index (χ1v) is 8.33. The van der Waals surface area contributed by atoms with E-state index in [4.69, 9.17) is 4.74 Å². The number of hydrogen-bond donors (Lipinski definition) is 2. The van der Waals surface area contributed by atoms with Crippen molar-refractivity contribution in [2.45, 2.75) is 25.6 Å². The molecule has 1 aromatic heterocycles. The van der Waals surface area contributed by atoms with E-state index in [1.807, 2.05) is 19.1 Å². The molecular weight excluding hydrogens is 318 g/mol. The highest BCUT2D eigenvalue weighted by Crippen LogP contribution is 2.17. The molecule has 1 aliphatic rings. The maximum atomic E-state index is 12.6. The maximum Gasteiger partial charge on any atom is 0.254 e. The lowest BCUT2D eigenvalue weighted by molar-refractivity contribution is 0.0765. The molecule has 0 aliphatic carbocycles. The summed E-state index contributed by atoms with van der Waals surface area (Å²) in [5.41, 5.74) is 2.65. The molecule has 1 amide bonds. The number of pyridine rings is 1. The highest BCUT2D eigenvalue weighted by Gasteiger charge is 2.34. The van der Waals surface area contributed by atoms with Crippen LogP contribution in [0, 0.1) is 6.92 Å². The third-order valence-electron chi connectivity index (χ3n) is 4.56. The zero-order valence-electron chi connectivity index (χ0n) is 14.5. The van der Waals surface area contributed by atoms with Crippen LogP contribution in [0.2, 0.25) is 0 Å². The SMILES string of the molecule is COc1ccc(C(=O)N2C[C@@H](O)[C@H](NCc3ncccc3C)C2)cc1. The van der Waals surface area contributed by atoms with Crippen LogP contribution in [0.15, 0.2) is 42.6 Å². The number of aryl methyl sites for hydroxylation is 1. The minimum Gasteiger partial charge on any atom is -0.497 e. The van der Waals surface area contributed by atoms with Gasteiger partial charge in [0, 0.05) is 31.4 Å². The number of hydrogen-bond acceptors (Lipinski definition) is 5. The summed E-state index contributed by atoms with van der Waals surface area (Å²) in [4.78, 5) is 18.6. The molecule has 6 heteroatoms. The van der Waals surface area contributed by atoms with Crippen molar-refractivity contribution in [2.75, 3.05) is 20.2 Å². The van der Waals surface area contributed by atoms with E-state index in [-0.39, 0.29) is 11.9 Å². The zero-order chi connectivity index (χ0) is 17.8. The number of nitrogens with one attached hydrogen (secondary N) is 1. The Kier molecular flexibility index (Phi) is 5.31. The minimum absolute atomic E-state index is 0.0833. The molecule has 2 N–H and O–H groups in total. The van der Waals surface area contributed by atoms with Crippen molar-refractivity contribution in [3.05, 3.63) is 59.4 Å². The van der Waals surface area contributed by atoms with Gasteiger partial charge in [0.2, 0.25) is 0 Å². The fourth-order valence-electron chi connectivity index (χ4n) is 3.00. The Morgan fingerprint density at radius 3 is 2.76 bits per heavy atom. The number of β-amino-alcohol motifs (C(OH)–C–C–N with tert-alkyl or cyclic N) is 1. The summed E-state index contributed by atoms with van der Waals surface area (Å²) in [6.45, 7) is 3.37. The van der Waals surface area contributed by atoms with E-state index in [0.29, 0.717) is 30.9 Å². The van der Waals surface area contributed by atoms with E-state index in [2.05, 4.69) is 10.3 Å². The standard InChI is InChI=1S/C19H23N3O3/c1-13-4-3-9-20-16(13)10-21-17-11-22(12-18(17)23)19(24)14-5-7-15(25-2)8-6-14/h3-9,17-18,21,23H,10-12H2,1-2H3/t17-,18-/m1/s1. The topological polar surface area (TPSA) is 74.7 Å². The predicted molar refractivity (Wildman–Crippen MR) is 94.5 cm³/mol. The lowest BCUT2D eigenvalue weighted by Gasteiger charge is -2.17. The van der Waals surface area contributed by atoms with Gasteiger partial charge < -0.3 is 20.1 Å². The second-order valence-electron chi connectivity index (χ2n) is 6.26. The number of amides is 1. The molecule has 1 saturated heterocycles. The van der Waals surface area contributed by atoms with Gasteiger partial charge in [-0.3, -0.25) is 9.78 Å². The first kappa shape index (κ1) is 17.4. The van der Waals surface area contributed by atoms with Crippen molar-refractivity contribution < 1.29 is 14.6 Å². The Hall–Kier alpha value is -2.44. The van der Waals surface area contributed by atoms with Crippen LogP contribution in [0.4, 0.5) is 0 Å². The smallest absolute Gasteiger partial charge is 0.254 e. The van der Waals surface area contributed by atoms with Gasteiger partial charge in [0.25, 0.3) is 5.91 Å². The van der Waals surface area contributed by atoms with E-state index in [0.717, 1.165) is 11.3 Å². The molecule has 2 aromatic rings. The molecule has 1 aliphatic heterocycles. The number of ether oxygens (including phenoxy) is 1.